The van der Waals surface area contributed by atoms with Gasteiger partial charge in [0.05, 0.1) is 17.7 Å². The molecular weight excluding hydrogens is 278 g/mol. The Labute approximate surface area is 133 Å². The van der Waals surface area contributed by atoms with E-state index in [9.17, 15) is 4.79 Å². The molecule has 0 aromatic rings. The summed E-state index contributed by atoms with van der Waals surface area (Å²) in [6.45, 7) is 7.74. The number of nitrogens with zero attached hydrogens (tertiary/aromatic N) is 1. The van der Waals surface area contributed by atoms with Gasteiger partial charge in [0.15, 0.2) is 0 Å². The molecule has 126 valence electrons. The zero-order valence-electron chi connectivity index (χ0n) is 14.1. The maximum atomic E-state index is 12.2. The van der Waals surface area contributed by atoms with Crippen LogP contribution in [0.4, 0.5) is 0 Å². The second kappa shape index (κ2) is 5.77. The number of ether oxygens (including phenoxy) is 1. The Kier molecular flexibility index (Phi) is 4.25. The summed E-state index contributed by atoms with van der Waals surface area (Å²) < 4.78 is 5.87. The van der Waals surface area contributed by atoms with E-state index in [1.54, 1.807) is 0 Å². The molecule has 5 heteroatoms. The van der Waals surface area contributed by atoms with Crippen LogP contribution in [0.5, 0.6) is 0 Å². The van der Waals surface area contributed by atoms with E-state index in [0.29, 0.717) is 0 Å². The molecule has 0 bridgehead atoms. The van der Waals surface area contributed by atoms with Gasteiger partial charge < -0.3 is 15.8 Å². The molecule has 1 amide bonds. The number of morpholine rings is 1. The van der Waals surface area contributed by atoms with Crippen LogP contribution in [-0.4, -0.2) is 53.7 Å². The number of carbonyl (C=O) groups excluding carboxylic acids is 1. The highest BCUT2D eigenvalue weighted by Crippen LogP contribution is 2.37. The zero-order valence-corrected chi connectivity index (χ0v) is 14.1. The summed E-state index contributed by atoms with van der Waals surface area (Å²) in [5.41, 5.74) is 5.45. The summed E-state index contributed by atoms with van der Waals surface area (Å²) in [4.78, 5) is 14.8. The zero-order chi connectivity index (χ0) is 15.8. The Morgan fingerprint density at radius 3 is 2.45 bits per heavy atom. The van der Waals surface area contributed by atoms with Crippen LogP contribution in [0.3, 0.4) is 0 Å². The van der Waals surface area contributed by atoms with Gasteiger partial charge in [0.2, 0.25) is 5.91 Å². The highest BCUT2D eigenvalue weighted by molar-refractivity contribution is 5.89. The summed E-state index contributed by atoms with van der Waals surface area (Å²) >= 11 is 0. The topological polar surface area (TPSA) is 67.6 Å². The van der Waals surface area contributed by atoms with Crippen LogP contribution in [0.25, 0.3) is 0 Å². The van der Waals surface area contributed by atoms with Gasteiger partial charge >= 0.3 is 0 Å². The molecule has 0 atom stereocenters. The van der Waals surface area contributed by atoms with E-state index >= 15 is 0 Å². The predicted molar refractivity (Wildman–Crippen MR) is 86.6 cm³/mol. The normalized spacial score (nSPS) is 29.8. The molecule has 3 N–H and O–H groups in total. The molecule has 5 nitrogen and oxygen atoms in total. The van der Waals surface area contributed by atoms with Crippen LogP contribution in [0, 0.1) is 0 Å². The highest BCUT2D eigenvalue weighted by Gasteiger charge is 2.48. The van der Waals surface area contributed by atoms with Crippen molar-refractivity contribution in [2.45, 2.75) is 75.5 Å². The van der Waals surface area contributed by atoms with Crippen LogP contribution in [0.15, 0.2) is 0 Å². The van der Waals surface area contributed by atoms with Gasteiger partial charge in [-0.15, -0.1) is 0 Å². The first-order valence-corrected chi connectivity index (χ1v) is 8.82. The first-order chi connectivity index (χ1) is 10.4. The van der Waals surface area contributed by atoms with Crippen molar-refractivity contribution in [2.24, 2.45) is 5.73 Å². The van der Waals surface area contributed by atoms with Crippen molar-refractivity contribution >= 4 is 5.91 Å². The molecule has 1 aliphatic heterocycles. The third-order valence-corrected chi connectivity index (χ3v) is 5.70. The van der Waals surface area contributed by atoms with Crippen molar-refractivity contribution in [3.05, 3.63) is 0 Å². The van der Waals surface area contributed by atoms with Crippen molar-refractivity contribution in [3.8, 4) is 0 Å². The number of carbonyl (C=O) groups is 1. The average molecular weight is 309 g/mol. The van der Waals surface area contributed by atoms with Gasteiger partial charge in [-0.3, -0.25) is 9.69 Å². The molecule has 0 aromatic heterocycles. The maximum absolute atomic E-state index is 12.2. The van der Waals surface area contributed by atoms with Crippen LogP contribution in [0.2, 0.25) is 0 Å². The summed E-state index contributed by atoms with van der Waals surface area (Å²) in [5.74, 6) is 0.0463. The van der Waals surface area contributed by atoms with Gasteiger partial charge in [-0.25, -0.2) is 0 Å². The molecule has 3 aliphatic rings. The van der Waals surface area contributed by atoms with Crippen molar-refractivity contribution in [1.29, 1.82) is 0 Å². The van der Waals surface area contributed by atoms with Gasteiger partial charge in [-0.2, -0.15) is 0 Å². The van der Waals surface area contributed by atoms with E-state index < -0.39 is 5.54 Å². The Bertz CT molecular complexity index is 426. The summed E-state index contributed by atoms with van der Waals surface area (Å²) in [6, 6.07) is 0. The summed E-state index contributed by atoms with van der Waals surface area (Å²) in [5, 5.41) is 3.17. The average Bonchev–Trinajstić information content (AvgIpc) is 3.24. The second-order valence-corrected chi connectivity index (χ2v) is 8.15. The molecular formula is C17H31N3O2. The van der Waals surface area contributed by atoms with Crippen LogP contribution in [0.1, 0.15) is 58.8 Å². The van der Waals surface area contributed by atoms with E-state index in [4.69, 9.17) is 10.5 Å². The van der Waals surface area contributed by atoms with E-state index in [2.05, 4.69) is 24.1 Å². The van der Waals surface area contributed by atoms with Crippen LogP contribution < -0.4 is 11.1 Å². The van der Waals surface area contributed by atoms with Crippen molar-refractivity contribution in [2.75, 3.05) is 26.2 Å². The van der Waals surface area contributed by atoms with E-state index in [0.717, 1.165) is 39.1 Å². The Hall–Kier alpha value is -0.650. The van der Waals surface area contributed by atoms with Gasteiger partial charge in [0, 0.05) is 25.2 Å². The van der Waals surface area contributed by atoms with Crippen LogP contribution >= 0.6 is 0 Å². The van der Waals surface area contributed by atoms with Crippen molar-refractivity contribution in [1.82, 2.24) is 10.2 Å². The first kappa shape index (κ1) is 16.2. The number of nitrogens with one attached hydrogen (secondary N) is 1. The highest BCUT2D eigenvalue weighted by atomic mass is 16.5. The quantitative estimate of drug-likeness (QED) is 0.824. The molecule has 1 saturated heterocycles. The van der Waals surface area contributed by atoms with Gasteiger partial charge in [0.1, 0.15) is 0 Å². The monoisotopic (exact) mass is 309 g/mol. The fraction of sp³-hybridized carbons (Fsp3) is 0.941. The second-order valence-electron chi connectivity index (χ2n) is 8.15. The molecule has 0 radical (unpaired) electrons. The first-order valence-electron chi connectivity index (χ1n) is 8.82. The molecule has 0 aromatic carbocycles. The predicted octanol–water partition coefficient (Wildman–Crippen LogP) is 1.41. The van der Waals surface area contributed by atoms with Crippen molar-refractivity contribution in [3.63, 3.8) is 0 Å². The lowest BCUT2D eigenvalue weighted by Crippen LogP contribution is -2.63. The summed E-state index contributed by atoms with van der Waals surface area (Å²) in [7, 11) is 0. The Morgan fingerprint density at radius 1 is 1.18 bits per heavy atom. The van der Waals surface area contributed by atoms with Gasteiger partial charge in [0.25, 0.3) is 0 Å². The Balaban J connectivity index is 1.68. The van der Waals surface area contributed by atoms with Gasteiger partial charge in [-0.1, -0.05) is 19.3 Å². The molecule has 0 spiro atoms. The maximum Gasteiger partial charge on any atom is 0.240 e. The van der Waals surface area contributed by atoms with E-state index in [1.165, 1.54) is 32.1 Å². The number of amides is 1. The molecule has 2 aliphatic carbocycles. The number of rotatable bonds is 4. The smallest absolute Gasteiger partial charge is 0.240 e. The minimum Gasteiger partial charge on any atom is -0.373 e. The lowest BCUT2D eigenvalue weighted by atomic mass is 9.79. The van der Waals surface area contributed by atoms with E-state index in [-0.39, 0.29) is 17.0 Å². The molecule has 3 fully saturated rings. The fourth-order valence-electron chi connectivity index (χ4n) is 4.02. The fourth-order valence-corrected chi connectivity index (χ4v) is 4.02. The minimum atomic E-state index is -0.569. The van der Waals surface area contributed by atoms with Crippen molar-refractivity contribution < 1.29 is 9.53 Å². The minimum absolute atomic E-state index is 0.0463. The lowest BCUT2D eigenvalue weighted by Gasteiger charge is -2.51. The SMILES string of the molecule is CC1(C)CN(C2(CNC(=O)C3(N)CC3)CCCCC2)CCO1. The van der Waals surface area contributed by atoms with Gasteiger partial charge in [-0.05, 0) is 39.5 Å². The molecule has 0 unspecified atom stereocenters. The standard InChI is InChI=1S/C17H31N3O2/c1-15(2)13-20(10-11-22-15)16(6-4-3-5-7-16)12-19-14(21)17(18)8-9-17/h3-13,18H2,1-2H3,(H,19,21). The lowest BCUT2D eigenvalue weighted by molar-refractivity contribution is -0.130. The van der Waals surface area contributed by atoms with E-state index in [1.807, 2.05) is 0 Å². The Morgan fingerprint density at radius 2 is 1.86 bits per heavy atom. The number of hydrogen-bond donors (Lipinski definition) is 2. The molecule has 22 heavy (non-hydrogen) atoms. The number of nitrogens with two attached hydrogens (primary N) is 1. The third kappa shape index (κ3) is 3.31. The largest absolute Gasteiger partial charge is 0.373 e. The molecule has 3 rings (SSSR count). The van der Waals surface area contributed by atoms with Crippen LogP contribution in [-0.2, 0) is 9.53 Å². The molecule has 2 saturated carbocycles. The molecule has 1 heterocycles. The summed E-state index contributed by atoms with van der Waals surface area (Å²) in [6.07, 6.45) is 7.81. The third-order valence-electron chi connectivity index (χ3n) is 5.70. The number of hydrogen-bond acceptors (Lipinski definition) is 4.